The topological polar surface area (TPSA) is 56.7 Å². The number of rotatable bonds is 3. The second kappa shape index (κ2) is 4.22. The first-order valence-electron chi connectivity index (χ1n) is 5.67. The average Bonchev–Trinajstić information content (AvgIpc) is 2.57. The lowest BCUT2D eigenvalue weighted by molar-refractivity contribution is 0.542. The molecule has 0 radical (unpaired) electrons. The van der Waals surface area contributed by atoms with Gasteiger partial charge in [-0.1, -0.05) is 0 Å². The van der Waals surface area contributed by atoms with Gasteiger partial charge in [0.15, 0.2) is 5.65 Å². The van der Waals surface area contributed by atoms with Crippen molar-refractivity contribution >= 4 is 11.0 Å². The first-order chi connectivity index (χ1) is 7.63. The quantitative estimate of drug-likeness (QED) is 0.855. The van der Waals surface area contributed by atoms with E-state index in [9.17, 15) is 0 Å². The summed E-state index contributed by atoms with van der Waals surface area (Å²) in [6.45, 7) is 6.91. The fourth-order valence-corrected chi connectivity index (χ4v) is 1.88. The Bertz CT molecular complexity index is 499. The molecule has 4 nitrogen and oxygen atoms in total. The first-order valence-corrected chi connectivity index (χ1v) is 5.67. The van der Waals surface area contributed by atoms with Gasteiger partial charge in [-0.05, 0) is 45.4 Å². The molecule has 0 aliphatic heterocycles. The number of hydrogen-bond donors (Lipinski definition) is 1. The summed E-state index contributed by atoms with van der Waals surface area (Å²) < 4.78 is 1.97. The van der Waals surface area contributed by atoms with Crippen LogP contribution in [0.4, 0.5) is 0 Å². The van der Waals surface area contributed by atoms with Gasteiger partial charge in [0, 0.05) is 17.6 Å². The summed E-state index contributed by atoms with van der Waals surface area (Å²) in [4.78, 5) is 4.49. The molecule has 86 valence electrons. The molecule has 0 amide bonds. The van der Waals surface area contributed by atoms with Gasteiger partial charge in [0.25, 0.3) is 0 Å². The fourth-order valence-electron chi connectivity index (χ4n) is 1.88. The number of fused-ring (bicyclic) bond motifs is 1. The third-order valence-corrected chi connectivity index (χ3v) is 2.71. The lowest BCUT2D eigenvalue weighted by atomic mass is 10.1. The largest absolute Gasteiger partial charge is 0.330 e. The molecule has 4 heteroatoms. The van der Waals surface area contributed by atoms with Crippen LogP contribution in [-0.2, 0) is 6.42 Å². The van der Waals surface area contributed by atoms with Crippen molar-refractivity contribution in [2.24, 2.45) is 5.73 Å². The van der Waals surface area contributed by atoms with Crippen molar-refractivity contribution in [1.82, 2.24) is 14.8 Å². The van der Waals surface area contributed by atoms with E-state index in [4.69, 9.17) is 5.73 Å². The average molecular weight is 218 g/mol. The highest BCUT2D eigenvalue weighted by molar-refractivity contribution is 5.78. The summed E-state index contributed by atoms with van der Waals surface area (Å²) in [7, 11) is 0. The summed E-state index contributed by atoms with van der Waals surface area (Å²) in [5, 5.41) is 5.65. The van der Waals surface area contributed by atoms with Crippen molar-refractivity contribution < 1.29 is 0 Å². The Morgan fingerprint density at radius 1 is 1.44 bits per heavy atom. The third kappa shape index (κ3) is 1.80. The maximum absolute atomic E-state index is 5.55. The molecule has 0 spiro atoms. The fraction of sp³-hybridized carbons (Fsp3) is 0.500. The third-order valence-electron chi connectivity index (χ3n) is 2.71. The molecule has 2 aromatic heterocycles. The monoisotopic (exact) mass is 218 g/mol. The van der Waals surface area contributed by atoms with Crippen molar-refractivity contribution in [3.05, 3.63) is 23.5 Å². The Labute approximate surface area is 95.5 Å². The SMILES string of the molecule is Cc1nn(C(C)C)c2ncc(CCN)cc12. The second-order valence-electron chi connectivity index (χ2n) is 4.38. The predicted octanol–water partition coefficient (Wildman–Crippen LogP) is 1.82. The van der Waals surface area contributed by atoms with E-state index < -0.39 is 0 Å². The molecular weight excluding hydrogens is 200 g/mol. The molecule has 0 aliphatic rings. The van der Waals surface area contributed by atoms with Gasteiger partial charge in [0.1, 0.15) is 0 Å². The van der Waals surface area contributed by atoms with Crippen LogP contribution in [0.1, 0.15) is 31.1 Å². The summed E-state index contributed by atoms with van der Waals surface area (Å²) in [6.07, 6.45) is 2.77. The highest BCUT2D eigenvalue weighted by Gasteiger charge is 2.11. The van der Waals surface area contributed by atoms with Gasteiger partial charge in [-0.2, -0.15) is 5.10 Å². The molecule has 16 heavy (non-hydrogen) atoms. The van der Waals surface area contributed by atoms with E-state index >= 15 is 0 Å². The Balaban J connectivity index is 2.57. The number of nitrogens with two attached hydrogens (primary N) is 1. The Morgan fingerprint density at radius 3 is 2.81 bits per heavy atom. The molecule has 0 fully saturated rings. The van der Waals surface area contributed by atoms with E-state index in [1.54, 1.807) is 0 Å². The van der Waals surface area contributed by atoms with Gasteiger partial charge in [0.2, 0.25) is 0 Å². The van der Waals surface area contributed by atoms with E-state index in [2.05, 4.69) is 30.0 Å². The van der Waals surface area contributed by atoms with Gasteiger partial charge in [-0.3, -0.25) is 0 Å². The summed E-state index contributed by atoms with van der Waals surface area (Å²) in [5.41, 5.74) is 8.73. The molecule has 2 N–H and O–H groups in total. The minimum absolute atomic E-state index is 0.337. The van der Waals surface area contributed by atoms with Gasteiger partial charge in [-0.25, -0.2) is 9.67 Å². The molecule has 0 aromatic carbocycles. The summed E-state index contributed by atoms with van der Waals surface area (Å²) >= 11 is 0. The van der Waals surface area contributed by atoms with Gasteiger partial charge < -0.3 is 5.73 Å². The molecule has 0 bridgehead atoms. The highest BCUT2D eigenvalue weighted by atomic mass is 15.3. The van der Waals surface area contributed by atoms with Crippen LogP contribution >= 0.6 is 0 Å². The van der Waals surface area contributed by atoms with E-state index in [1.165, 1.54) is 5.56 Å². The lowest BCUT2D eigenvalue weighted by Gasteiger charge is -2.06. The van der Waals surface area contributed by atoms with Crippen molar-refractivity contribution in [3.63, 3.8) is 0 Å². The zero-order valence-electron chi connectivity index (χ0n) is 10.1. The van der Waals surface area contributed by atoms with Crippen molar-refractivity contribution in [3.8, 4) is 0 Å². The maximum atomic E-state index is 5.55. The van der Waals surface area contributed by atoms with Crippen LogP contribution in [0.3, 0.4) is 0 Å². The van der Waals surface area contributed by atoms with Crippen molar-refractivity contribution in [1.29, 1.82) is 0 Å². The van der Waals surface area contributed by atoms with Crippen LogP contribution in [0.5, 0.6) is 0 Å². The van der Waals surface area contributed by atoms with E-state index in [0.717, 1.165) is 23.1 Å². The number of nitrogens with zero attached hydrogens (tertiary/aromatic N) is 3. The van der Waals surface area contributed by atoms with Crippen LogP contribution < -0.4 is 5.73 Å². The minimum atomic E-state index is 0.337. The smallest absolute Gasteiger partial charge is 0.158 e. The van der Waals surface area contributed by atoms with E-state index in [-0.39, 0.29) is 0 Å². The maximum Gasteiger partial charge on any atom is 0.158 e. The van der Waals surface area contributed by atoms with Crippen LogP contribution in [0.2, 0.25) is 0 Å². The zero-order valence-corrected chi connectivity index (χ0v) is 10.1. The number of pyridine rings is 1. The van der Waals surface area contributed by atoms with Gasteiger partial charge in [-0.15, -0.1) is 0 Å². The molecule has 0 aliphatic carbocycles. The Hall–Kier alpha value is -1.42. The van der Waals surface area contributed by atoms with Gasteiger partial charge >= 0.3 is 0 Å². The Kier molecular flexibility index (Phi) is 2.92. The summed E-state index contributed by atoms with van der Waals surface area (Å²) in [6, 6.07) is 2.49. The summed E-state index contributed by atoms with van der Waals surface area (Å²) in [5.74, 6) is 0. The van der Waals surface area contributed by atoms with Gasteiger partial charge in [0.05, 0.1) is 5.69 Å². The molecule has 0 unspecified atom stereocenters. The molecule has 2 aromatic rings. The minimum Gasteiger partial charge on any atom is -0.330 e. The number of aromatic nitrogens is 3. The normalized spacial score (nSPS) is 11.6. The number of aryl methyl sites for hydroxylation is 1. The van der Waals surface area contributed by atoms with Crippen LogP contribution in [-0.4, -0.2) is 21.3 Å². The van der Waals surface area contributed by atoms with E-state index in [1.807, 2.05) is 17.8 Å². The molecule has 2 rings (SSSR count). The molecule has 0 atom stereocenters. The zero-order chi connectivity index (χ0) is 11.7. The molecule has 0 saturated carbocycles. The van der Waals surface area contributed by atoms with Crippen LogP contribution in [0.15, 0.2) is 12.3 Å². The highest BCUT2D eigenvalue weighted by Crippen LogP contribution is 2.20. The molecule has 0 saturated heterocycles. The molecular formula is C12H18N4. The van der Waals surface area contributed by atoms with E-state index in [0.29, 0.717) is 12.6 Å². The molecule has 2 heterocycles. The Morgan fingerprint density at radius 2 is 2.19 bits per heavy atom. The predicted molar refractivity (Wildman–Crippen MR) is 65.4 cm³/mol. The lowest BCUT2D eigenvalue weighted by Crippen LogP contribution is -2.05. The van der Waals surface area contributed by atoms with Crippen LogP contribution in [0, 0.1) is 6.92 Å². The second-order valence-corrected chi connectivity index (χ2v) is 4.38. The van der Waals surface area contributed by atoms with Crippen molar-refractivity contribution in [2.75, 3.05) is 6.54 Å². The first kappa shape index (κ1) is 11.1. The van der Waals surface area contributed by atoms with Crippen molar-refractivity contribution in [2.45, 2.75) is 33.2 Å². The van der Waals surface area contributed by atoms with Crippen LogP contribution in [0.25, 0.3) is 11.0 Å². The standard InChI is InChI=1S/C12H18N4/c1-8(2)16-12-11(9(3)15-16)6-10(4-5-13)7-14-12/h6-8H,4-5,13H2,1-3H3. The number of hydrogen-bond acceptors (Lipinski definition) is 3.